The lowest BCUT2D eigenvalue weighted by atomic mass is 9.92. The predicted molar refractivity (Wildman–Crippen MR) is 80.9 cm³/mol. The monoisotopic (exact) mass is 279 g/mol. The molecule has 3 nitrogen and oxygen atoms in total. The minimum atomic E-state index is 0.0270. The molecular weight excluding hydrogens is 258 g/mol. The van der Waals surface area contributed by atoms with Gasteiger partial charge >= 0.3 is 0 Å². The van der Waals surface area contributed by atoms with Gasteiger partial charge in [0.1, 0.15) is 0 Å². The zero-order valence-electron chi connectivity index (χ0n) is 12.2. The third-order valence-electron chi connectivity index (χ3n) is 3.24. The first kappa shape index (κ1) is 15.8. The number of ketones is 1. The molecule has 1 rings (SSSR count). The van der Waals surface area contributed by atoms with Gasteiger partial charge in [-0.05, 0) is 49.9 Å². The number of aryl methyl sites for hydroxylation is 2. The molecule has 1 aromatic carbocycles. The number of benzene rings is 1. The molecule has 0 aromatic heterocycles. The van der Waals surface area contributed by atoms with Gasteiger partial charge in [-0.2, -0.15) is 0 Å². The molecule has 0 fully saturated rings. The van der Waals surface area contributed by atoms with Crippen molar-refractivity contribution in [3.8, 4) is 0 Å². The van der Waals surface area contributed by atoms with Crippen LogP contribution in [0.1, 0.15) is 39.5 Å². The van der Waals surface area contributed by atoms with E-state index >= 15 is 0 Å². The van der Waals surface area contributed by atoms with E-state index in [1.165, 1.54) is 11.1 Å². The van der Waals surface area contributed by atoms with Gasteiger partial charge in [0.05, 0.1) is 5.75 Å². The second-order valence-corrected chi connectivity index (χ2v) is 5.70. The lowest BCUT2D eigenvalue weighted by Crippen LogP contribution is -2.20. The van der Waals surface area contributed by atoms with Gasteiger partial charge in [-0.3, -0.25) is 9.59 Å². The minimum absolute atomic E-state index is 0.0270. The zero-order valence-corrected chi connectivity index (χ0v) is 13.0. The van der Waals surface area contributed by atoms with Crippen LogP contribution in [0.15, 0.2) is 6.07 Å². The van der Waals surface area contributed by atoms with Crippen molar-refractivity contribution in [2.75, 3.05) is 12.8 Å². The van der Waals surface area contributed by atoms with E-state index < -0.39 is 0 Å². The summed E-state index contributed by atoms with van der Waals surface area (Å²) in [5, 5.41) is 2.61. The van der Waals surface area contributed by atoms with E-state index in [2.05, 4.69) is 18.3 Å². The first-order valence-corrected chi connectivity index (χ1v) is 7.42. The fourth-order valence-electron chi connectivity index (χ4n) is 2.31. The van der Waals surface area contributed by atoms with Crippen molar-refractivity contribution in [1.29, 1.82) is 0 Å². The van der Waals surface area contributed by atoms with Gasteiger partial charge in [0.15, 0.2) is 5.78 Å². The number of hydrogen-bond donors (Lipinski definition) is 1. The second-order valence-electron chi connectivity index (χ2n) is 4.71. The second kappa shape index (κ2) is 6.75. The highest BCUT2D eigenvalue weighted by Crippen LogP contribution is 2.26. The lowest BCUT2D eigenvalue weighted by molar-refractivity contribution is -0.118. The predicted octanol–water partition coefficient (Wildman–Crippen LogP) is 2.79. The van der Waals surface area contributed by atoms with Gasteiger partial charge in [0.2, 0.25) is 5.91 Å². The number of hydrogen-bond acceptors (Lipinski definition) is 3. The molecule has 0 bridgehead atoms. The summed E-state index contributed by atoms with van der Waals surface area (Å²) in [6.45, 7) is 7.62. The molecule has 1 N–H and O–H groups in total. The summed E-state index contributed by atoms with van der Waals surface area (Å²) in [7, 11) is 1.64. The molecule has 0 radical (unpaired) electrons. The molecule has 19 heavy (non-hydrogen) atoms. The fraction of sp³-hybridized carbons (Fsp3) is 0.467. The number of Topliss-reactive ketones (excluding diaryl/α,β-unsaturated/α-hetero) is 1. The average molecular weight is 279 g/mol. The molecule has 0 aliphatic carbocycles. The molecule has 0 aliphatic rings. The number of thioether (sulfide) groups is 1. The van der Waals surface area contributed by atoms with Crippen molar-refractivity contribution in [3.05, 3.63) is 33.9 Å². The summed E-state index contributed by atoms with van der Waals surface area (Å²) in [5.74, 6) is 1.33. The van der Waals surface area contributed by atoms with Gasteiger partial charge in [-0.1, -0.05) is 6.07 Å². The van der Waals surface area contributed by atoms with E-state index in [1.807, 2.05) is 13.8 Å². The van der Waals surface area contributed by atoms with Crippen LogP contribution in [-0.4, -0.2) is 24.5 Å². The van der Waals surface area contributed by atoms with E-state index in [-0.39, 0.29) is 11.7 Å². The van der Waals surface area contributed by atoms with Crippen LogP contribution < -0.4 is 5.32 Å². The Balaban J connectivity index is 2.98. The summed E-state index contributed by atoms with van der Waals surface area (Å²) in [6.07, 6.45) is 0. The molecule has 0 saturated heterocycles. The van der Waals surface area contributed by atoms with Crippen molar-refractivity contribution in [1.82, 2.24) is 5.32 Å². The maximum absolute atomic E-state index is 11.7. The highest BCUT2D eigenvalue weighted by atomic mass is 32.2. The Morgan fingerprint density at radius 3 is 2.37 bits per heavy atom. The number of carbonyl (C=O) groups is 2. The Hall–Kier alpha value is -1.29. The molecule has 1 amide bonds. The Morgan fingerprint density at radius 2 is 1.84 bits per heavy atom. The van der Waals surface area contributed by atoms with Crippen molar-refractivity contribution in [2.45, 2.75) is 33.4 Å². The number of rotatable bonds is 5. The first-order valence-electron chi connectivity index (χ1n) is 6.27. The van der Waals surface area contributed by atoms with Crippen molar-refractivity contribution >= 4 is 23.5 Å². The molecule has 1 aromatic rings. The summed E-state index contributed by atoms with van der Waals surface area (Å²) in [5.41, 5.74) is 5.26. The summed E-state index contributed by atoms with van der Waals surface area (Å²) in [6, 6.07) is 2.06. The summed E-state index contributed by atoms with van der Waals surface area (Å²) >= 11 is 1.57. The summed E-state index contributed by atoms with van der Waals surface area (Å²) < 4.78 is 0. The lowest BCUT2D eigenvalue weighted by Gasteiger charge is -2.15. The van der Waals surface area contributed by atoms with E-state index in [0.29, 0.717) is 5.75 Å². The standard InChI is InChI=1S/C15H21NO2S/c1-9-6-10(2)15(12(4)17)11(3)13(9)7-19-8-14(18)16-5/h6H,7-8H2,1-5H3,(H,16,18). The Morgan fingerprint density at radius 1 is 1.21 bits per heavy atom. The highest BCUT2D eigenvalue weighted by molar-refractivity contribution is 7.99. The Labute approximate surface area is 119 Å². The molecular formula is C15H21NO2S. The van der Waals surface area contributed by atoms with Gasteiger partial charge in [-0.15, -0.1) is 11.8 Å². The molecule has 0 saturated carbocycles. The molecule has 0 atom stereocenters. The molecule has 0 aliphatic heterocycles. The quantitative estimate of drug-likeness (QED) is 0.843. The largest absolute Gasteiger partial charge is 0.358 e. The smallest absolute Gasteiger partial charge is 0.229 e. The minimum Gasteiger partial charge on any atom is -0.358 e. The Bertz CT molecular complexity index is 509. The van der Waals surface area contributed by atoms with E-state index in [9.17, 15) is 9.59 Å². The van der Waals surface area contributed by atoms with Crippen LogP contribution >= 0.6 is 11.8 Å². The van der Waals surface area contributed by atoms with Crippen molar-refractivity contribution in [3.63, 3.8) is 0 Å². The van der Waals surface area contributed by atoms with Gasteiger partial charge in [0.25, 0.3) is 0 Å². The third-order valence-corrected chi connectivity index (χ3v) is 4.20. The fourth-order valence-corrected chi connectivity index (χ4v) is 3.39. The molecule has 104 valence electrons. The highest BCUT2D eigenvalue weighted by Gasteiger charge is 2.14. The number of amides is 1. The van der Waals surface area contributed by atoms with Crippen LogP contribution in [0.25, 0.3) is 0 Å². The maximum atomic E-state index is 11.7. The summed E-state index contributed by atoms with van der Waals surface area (Å²) in [4.78, 5) is 22.9. The molecule has 0 spiro atoms. The van der Waals surface area contributed by atoms with Crippen molar-refractivity contribution < 1.29 is 9.59 Å². The molecule has 0 unspecified atom stereocenters. The van der Waals surface area contributed by atoms with Crippen LogP contribution in [0.5, 0.6) is 0 Å². The number of carbonyl (C=O) groups excluding carboxylic acids is 2. The van der Waals surface area contributed by atoms with Crippen molar-refractivity contribution in [2.24, 2.45) is 0 Å². The SMILES string of the molecule is CNC(=O)CSCc1c(C)cc(C)c(C(C)=O)c1C. The first-order chi connectivity index (χ1) is 8.88. The van der Waals surface area contributed by atoms with Crippen LogP contribution in [0.2, 0.25) is 0 Å². The maximum Gasteiger partial charge on any atom is 0.229 e. The van der Waals surface area contributed by atoms with Crippen LogP contribution in [0, 0.1) is 20.8 Å². The molecule has 0 heterocycles. The van der Waals surface area contributed by atoms with E-state index in [1.54, 1.807) is 25.7 Å². The normalized spacial score (nSPS) is 10.4. The Kier molecular flexibility index (Phi) is 5.60. The topological polar surface area (TPSA) is 46.2 Å². The number of nitrogens with one attached hydrogen (secondary N) is 1. The molecule has 4 heteroatoms. The van der Waals surface area contributed by atoms with Gasteiger partial charge in [0, 0.05) is 18.4 Å². The van der Waals surface area contributed by atoms with Crippen LogP contribution in [0.3, 0.4) is 0 Å². The average Bonchev–Trinajstić information content (AvgIpc) is 2.31. The van der Waals surface area contributed by atoms with E-state index in [4.69, 9.17) is 0 Å². The van der Waals surface area contributed by atoms with Crippen LogP contribution in [0.4, 0.5) is 0 Å². The van der Waals surface area contributed by atoms with Gasteiger partial charge in [-0.25, -0.2) is 0 Å². The van der Waals surface area contributed by atoms with Gasteiger partial charge < -0.3 is 5.32 Å². The third kappa shape index (κ3) is 3.83. The zero-order chi connectivity index (χ0) is 14.6. The van der Waals surface area contributed by atoms with Crippen LogP contribution in [-0.2, 0) is 10.5 Å². The van der Waals surface area contributed by atoms with E-state index in [0.717, 1.165) is 22.4 Å².